The van der Waals surface area contributed by atoms with Gasteiger partial charge >= 0.3 is 6.09 Å². The molecule has 276 valence electrons. The Morgan fingerprint density at radius 2 is 1.90 bits per heavy atom. The lowest BCUT2D eigenvalue weighted by atomic mass is 9.76. The molecule has 5 aliphatic rings. The zero-order chi connectivity index (χ0) is 36.9. The third-order valence-corrected chi connectivity index (χ3v) is 12.8. The molecular weight excluding hydrogens is 676 g/mol. The summed E-state index contributed by atoms with van der Waals surface area (Å²) in [6.45, 7) is 9.97. The van der Waals surface area contributed by atoms with Crippen LogP contribution in [-0.2, 0) is 51.8 Å². The number of carbonyl (C=O) groups excluding carboxylic acids is 5. The topological polar surface area (TPSA) is 182 Å². The summed E-state index contributed by atoms with van der Waals surface area (Å²) in [4.78, 5) is 72.2. The molecule has 0 spiro atoms. The third kappa shape index (κ3) is 7.68. The fourth-order valence-corrected chi connectivity index (χ4v) is 8.92. The van der Waals surface area contributed by atoms with Gasteiger partial charge in [0.05, 0.1) is 49.1 Å². The lowest BCUT2D eigenvalue weighted by molar-refractivity contribution is -0.146. The number of allylic oxidation sites excluding steroid dienone is 1. The van der Waals surface area contributed by atoms with Crippen LogP contribution >= 0.6 is 0 Å². The molecule has 1 aromatic rings. The van der Waals surface area contributed by atoms with Gasteiger partial charge in [-0.1, -0.05) is 57.2 Å². The standard InChI is InChI=1S/C37H48N4O9S/c1-5-24-16-37(24,34(45)39-51(47,48)26-11-12-26)17-32(43)30-14-25-19-41(30)33(44)28(36(2,3)4)15-31(42)29(38)21-49-13-7-10-22-8-6-9-23-18-40(20-27(22)23)35(46)50-25/h5-10,24-26,28-30H,1,11-21,38H2,2-4H3,(H,39,45)/b10-7+/t24-,25-,28-,29-,30+,37-/m1/s1. The van der Waals surface area contributed by atoms with E-state index in [1.807, 2.05) is 51.1 Å². The Bertz CT molecular complexity index is 1760. The van der Waals surface area contributed by atoms with E-state index in [-0.39, 0.29) is 51.2 Å². The smallest absolute Gasteiger partial charge is 0.410 e. The average molecular weight is 725 g/mol. The molecule has 3 N–H and O–H groups in total. The van der Waals surface area contributed by atoms with Crippen LogP contribution in [0.1, 0.15) is 76.0 Å². The number of sulfonamides is 1. The number of nitrogens with zero attached hydrogens (tertiary/aromatic N) is 2. The Hall–Kier alpha value is -3.88. The molecule has 3 fully saturated rings. The van der Waals surface area contributed by atoms with E-state index in [1.54, 1.807) is 11.0 Å². The monoisotopic (exact) mass is 724 g/mol. The number of hydrogen-bond donors (Lipinski definition) is 2. The van der Waals surface area contributed by atoms with Crippen LogP contribution in [0.5, 0.6) is 0 Å². The summed E-state index contributed by atoms with van der Waals surface area (Å²) in [6.07, 6.45) is 4.47. The second-order valence-corrected chi connectivity index (χ2v) is 17.7. The highest BCUT2D eigenvalue weighted by atomic mass is 32.2. The first-order valence-electron chi connectivity index (χ1n) is 17.6. The Labute approximate surface area is 299 Å². The fourth-order valence-electron chi connectivity index (χ4n) is 7.54. The van der Waals surface area contributed by atoms with Crippen molar-refractivity contribution in [2.24, 2.45) is 28.4 Å². The van der Waals surface area contributed by atoms with Crippen molar-refractivity contribution < 1.29 is 41.9 Å². The summed E-state index contributed by atoms with van der Waals surface area (Å²) >= 11 is 0. The zero-order valence-corrected chi connectivity index (χ0v) is 30.3. The molecule has 2 saturated carbocycles. The minimum Gasteiger partial charge on any atom is -0.444 e. The van der Waals surface area contributed by atoms with Gasteiger partial charge in [0.15, 0.2) is 11.6 Å². The van der Waals surface area contributed by atoms with Gasteiger partial charge in [-0.2, -0.15) is 0 Å². The predicted octanol–water partition coefficient (Wildman–Crippen LogP) is 2.86. The summed E-state index contributed by atoms with van der Waals surface area (Å²) < 4.78 is 39.2. The number of nitrogens with two attached hydrogens (primary N) is 1. The van der Waals surface area contributed by atoms with Crippen molar-refractivity contribution in [3.05, 3.63) is 53.6 Å². The number of carbonyl (C=O) groups is 5. The number of nitrogens with one attached hydrogen (secondary N) is 1. The number of Topliss-reactive ketones (excluding diaryl/α,β-unsaturated/α-hetero) is 2. The number of amides is 3. The average Bonchev–Trinajstić information content (AvgIpc) is 3.96. The maximum Gasteiger partial charge on any atom is 0.410 e. The van der Waals surface area contributed by atoms with Gasteiger partial charge < -0.3 is 20.1 Å². The summed E-state index contributed by atoms with van der Waals surface area (Å²) in [5.41, 5.74) is 7.04. The van der Waals surface area contributed by atoms with Crippen LogP contribution in [0.25, 0.3) is 6.08 Å². The number of hydrogen-bond acceptors (Lipinski definition) is 10. The Morgan fingerprint density at radius 3 is 2.57 bits per heavy atom. The first-order valence-corrected chi connectivity index (χ1v) is 19.2. The van der Waals surface area contributed by atoms with Crippen LogP contribution in [0.2, 0.25) is 0 Å². The maximum atomic E-state index is 14.5. The van der Waals surface area contributed by atoms with Crippen LogP contribution in [0.4, 0.5) is 4.79 Å². The molecule has 3 amide bonds. The molecule has 13 nitrogen and oxygen atoms in total. The van der Waals surface area contributed by atoms with Gasteiger partial charge in [-0.25, -0.2) is 13.2 Å². The summed E-state index contributed by atoms with van der Waals surface area (Å²) in [7, 11) is -3.87. The highest BCUT2D eigenvalue weighted by Gasteiger charge is 2.61. The van der Waals surface area contributed by atoms with Crippen LogP contribution in [0.15, 0.2) is 36.9 Å². The molecule has 1 aromatic carbocycles. The van der Waals surface area contributed by atoms with Crippen molar-refractivity contribution in [3.63, 3.8) is 0 Å². The van der Waals surface area contributed by atoms with Crippen molar-refractivity contribution in [1.29, 1.82) is 0 Å². The number of ether oxygens (including phenoxy) is 2. The van der Waals surface area contributed by atoms with Crippen LogP contribution in [0.3, 0.4) is 0 Å². The molecule has 6 rings (SSSR count). The minimum absolute atomic E-state index is 0.0138. The number of fused-ring (bicyclic) bond motifs is 3. The lowest BCUT2D eigenvalue weighted by Crippen LogP contribution is -2.49. The highest BCUT2D eigenvalue weighted by Crippen LogP contribution is 2.57. The normalized spacial score (nSPS) is 30.9. The van der Waals surface area contributed by atoms with E-state index >= 15 is 0 Å². The molecule has 2 aliphatic carbocycles. The molecule has 6 atom stereocenters. The Morgan fingerprint density at radius 1 is 1.16 bits per heavy atom. The van der Waals surface area contributed by atoms with E-state index in [1.165, 1.54) is 4.90 Å². The molecule has 1 saturated heterocycles. The summed E-state index contributed by atoms with van der Waals surface area (Å²) in [6, 6.07) is 3.73. The minimum atomic E-state index is -3.87. The van der Waals surface area contributed by atoms with Crippen molar-refractivity contribution >= 4 is 45.6 Å². The van der Waals surface area contributed by atoms with E-state index in [9.17, 15) is 32.4 Å². The second kappa shape index (κ2) is 13.9. The SMILES string of the molecule is C=C[C@@H]1C[C@]1(CC(=O)[C@@H]1C[C@@H]2CN1C(=O)[C@H](C(C)(C)C)CC(=O)[C@H](N)COC/C=C/c1cccc3c1CN(C3)C(=O)O2)C(=O)NS(=O)(=O)C1CC1. The van der Waals surface area contributed by atoms with Gasteiger partial charge in [-0.05, 0) is 47.3 Å². The molecular formula is C37H48N4O9S. The third-order valence-electron chi connectivity index (χ3n) is 11.0. The summed E-state index contributed by atoms with van der Waals surface area (Å²) in [5.74, 6) is -3.35. The van der Waals surface area contributed by atoms with E-state index in [0.29, 0.717) is 25.9 Å². The van der Waals surface area contributed by atoms with E-state index in [4.69, 9.17) is 15.2 Å². The number of rotatable bonds is 7. The van der Waals surface area contributed by atoms with Crippen LogP contribution in [-0.4, -0.2) is 90.9 Å². The van der Waals surface area contributed by atoms with Crippen molar-refractivity contribution in [2.75, 3.05) is 19.8 Å². The van der Waals surface area contributed by atoms with E-state index in [2.05, 4.69) is 11.3 Å². The number of benzene rings is 1. The first-order chi connectivity index (χ1) is 24.0. The quantitative estimate of drug-likeness (QED) is 0.397. The van der Waals surface area contributed by atoms with Crippen molar-refractivity contribution in [1.82, 2.24) is 14.5 Å². The van der Waals surface area contributed by atoms with Gasteiger partial charge in [0, 0.05) is 31.7 Å². The fraction of sp³-hybridized carbons (Fsp3) is 0.595. The van der Waals surface area contributed by atoms with Crippen LogP contribution in [0, 0.1) is 22.7 Å². The highest BCUT2D eigenvalue weighted by molar-refractivity contribution is 7.90. The molecule has 3 heterocycles. The van der Waals surface area contributed by atoms with Crippen molar-refractivity contribution in [2.45, 2.75) is 95.8 Å². The number of ketones is 2. The zero-order valence-electron chi connectivity index (χ0n) is 29.5. The molecule has 0 aromatic heterocycles. The Kier molecular flexibility index (Phi) is 10.1. The van der Waals surface area contributed by atoms with Gasteiger partial charge in [-0.15, -0.1) is 6.58 Å². The second-order valence-electron chi connectivity index (χ2n) is 15.7. The Balaban J connectivity index is 1.29. The van der Waals surface area contributed by atoms with E-state index < -0.39 is 79.8 Å². The van der Waals surface area contributed by atoms with Crippen molar-refractivity contribution in [3.8, 4) is 0 Å². The molecule has 4 bridgehead atoms. The largest absolute Gasteiger partial charge is 0.444 e. The van der Waals surface area contributed by atoms with E-state index in [0.717, 1.165) is 16.7 Å². The first kappa shape index (κ1) is 36.9. The van der Waals surface area contributed by atoms with Crippen LogP contribution < -0.4 is 10.5 Å². The maximum absolute atomic E-state index is 14.5. The molecule has 51 heavy (non-hydrogen) atoms. The van der Waals surface area contributed by atoms with Gasteiger partial charge in [-0.3, -0.25) is 28.8 Å². The molecule has 3 aliphatic heterocycles. The van der Waals surface area contributed by atoms with Gasteiger partial charge in [0.2, 0.25) is 21.8 Å². The van der Waals surface area contributed by atoms with Gasteiger partial charge in [0.25, 0.3) is 0 Å². The van der Waals surface area contributed by atoms with Gasteiger partial charge in [0.1, 0.15) is 6.10 Å². The molecule has 14 heteroatoms. The molecule has 0 radical (unpaired) electrons. The lowest BCUT2D eigenvalue weighted by Gasteiger charge is -2.35. The molecule has 0 unspecified atom stereocenters. The summed E-state index contributed by atoms with van der Waals surface area (Å²) in [5, 5.41) is -0.625. The predicted molar refractivity (Wildman–Crippen MR) is 187 cm³/mol.